The molecule has 2 aromatic carbocycles. The average molecular weight is 450 g/mol. The van der Waals surface area contributed by atoms with Gasteiger partial charge in [-0.05, 0) is 47.7 Å². The molecular weight excluding hydrogens is 429 g/mol. The number of benzene rings is 2. The van der Waals surface area contributed by atoms with Crippen LogP contribution in [0.2, 0.25) is 0 Å². The standard InChI is InChI=1S/C20H20FN3O4S2/c1-2-29-16-7-3-14(4-8-16)13-19-23-24-20(28-19)22-18(25)11-12-30(26,27)17-9-5-15(21)6-10-17/h3-10H,2,11-13H2,1H3,(H,22,24,25). The van der Waals surface area contributed by atoms with Crippen LogP contribution in [-0.2, 0) is 21.1 Å². The summed E-state index contributed by atoms with van der Waals surface area (Å²) in [7, 11) is -3.70. The van der Waals surface area contributed by atoms with E-state index < -0.39 is 27.3 Å². The maximum Gasteiger partial charge on any atom is 0.322 e. The van der Waals surface area contributed by atoms with Crippen molar-refractivity contribution in [2.45, 2.75) is 29.6 Å². The minimum atomic E-state index is -3.70. The molecule has 1 aromatic heterocycles. The van der Waals surface area contributed by atoms with Gasteiger partial charge in [-0.3, -0.25) is 10.1 Å². The Morgan fingerprint density at radius 1 is 1.10 bits per heavy atom. The number of rotatable bonds is 9. The molecule has 0 atom stereocenters. The van der Waals surface area contributed by atoms with Gasteiger partial charge in [0, 0.05) is 11.3 Å². The summed E-state index contributed by atoms with van der Waals surface area (Å²) >= 11 is 1.75. The number of anilines is 1. The summed E-state index contributed by atoms with van der Waals surface area (Å²) in [4.78, 5) is 13.2. The van der Waals surface area contributed by atoms with Crippen LogP contribution in [0.3, 0.4) is 0 Å². The van der Waals surface area contributed by atoms with E-state index in [-0.39, 0.29) is 17.3 Å². The first kappa shape index (κ1) is 22.0. The van der Waals surface area contributed by atoms with Crippen molar-refractivity contribution in [1.82, 2.24) is 10.2 Å². The van der Waals surface area contributed by atoms with Crippen molar-refractivity contribution in [3.05, 3.63) is 65.8 Å². The number of sulfone groups is 1. The van der Waals surface area contributed by atoms with Gasteiger partial charge >= 0.3 is 6.01 Å². The number of hydrogen-bond donors (Lipinski definition) is 1. The number of thioether (sulfide) groups is 1. The molecule has 30 heavy (non-hydrogen) atoms. The Morgan fingerprint density at radius 2 is 1.80 bits per heavy atom. The Bertz CT molecular complexity index is 1100. The highest BCUT2D eigenvalue weighted by Crippen LogP contribution is 2.19. The molecule has 0 aliphatic heterocycles. The predicted octanol–water partition coefficient (Wildman–Crippen LogP) is 3.71. The van der Waals surface area contributed by atoms with Gasteiger partial charge < -0.3 is 4.42 Å². The molecule has 0 saturated carbocycles. The van der Waals surface area contributed by atoms with E-state index in [0.29, 0.717) is 12.3 Å². The van der Waals surface area contributed by atoms with E-state index in [1.807, 2.05) is 24.3 Å². The third-order valence-corrected chi connectivity index (χ3v) is 6.70. The van der Waals surface area contributed by atoms with Gasteiger partial charge in [0.25, 0.3) is 0 Å². The highest BCUT2D eigenvalue weighted by molar-refractivity contribution is 7.99. The summed E-state index contributed by atoms with van der Waals surface area (Å²) in [5.41, 5.74) is 0.988. The second-order valence-electron chi connectivity index (χ2n) is 6.33. The van der Waals surface area contributed by atoms with E-state index in [4.69, 9.17) is 4.42 Å². The van der Waals surface area contributed by atoms with E-state index in [9.17, 15) is 17.6 Å². The van der Waals surface area contributed by atoms with Crippen LogP contribution in [-0.4, -0.2) is 36.0 Å². The lowest BCUT2D eigenvalue weighted by atomic mass is 10.1. The smallest absolute Gasteiger partial charge is 0.322 e. The molecule has 10 heteroatoms. The molecule has 0 bridgehead atoms. The fourth-order valence-electron chi connectivity index (χ4n) is 2.59. The van der Waals surface area contributed by atoms with E-state index in [1.54, 1.807) is 11.8 Å². The first-order valence-corrected chi connectivity index (χ1v) is 11.8. The Hall–Kier alpha value is -2.72. The molecular formula is C20H20FN3O4S2. The highest BCUT2D eigenvalue weighted by Gasteiger charge is 2.18. The van der Waals surface area contributed by atoms with Crippen molar-refractivity contribution in [3.63, 3.8) is 0 Å². The molecule has 0 fully saturated rings. The normalized spacial score (nSPS) is 11.4. The lowest BCUT2D eigenvalue weighted by Crippen LogP contribution is -2.17. The zero-order valence-electron chi connectivity index (χ0n) is 16.2. The summed E-state index contributed by atoms with van der Waals surface area (Å²) < 4.78 is 42.8. The van der Waals surface area contributed by atoms with Gasteiger partial charge in [0.05, 0.1) is 17.1 Å². The van der Waals surface area contributed by atoms with E-state index in [2.05, 4.69) is 22.4 Å². The van der Waals surface area contributed by atoms with Crippen molar-refractivity contribution in [1.29, 1.82) is 0 Å². The summed E-state index contributed by atoms with van der Waals surface area (Å²) in [6.07, 6.45) is 0.118. The van der Waals surface area contributed by atoms with Crippen LogP contribution in [0.5, 0.6) is 0 Å². The first-order valence-electron chi connectivity index (χ1n) is 9.18. The third-order valence-electron chi connectivity index (χ3n) is 4.07. The Morgan fingerprint density at radius 3 is 2.47 bits per heavy atom. The zero-order valence-corrected chi connectivity index (χ0v) is 17.8. The highest BCUT2D eigenvalue weighted by atomic mass is 32.2. The Balaban J connectivity index is 1.52. The van der Waals surface area contributed by atoms with Crippen LogP contribution < -0.4 is 5.32 Å². The largest absolute Gasteiger partial charge is 0.407 e. The molecule has 1 amide bonds. The predicted molar refractivity (Wildman–Crippen MR) is 112 cm³/mol. The summed E-state index contributed by atoms with van der Waals surface area (Å²) in [5.74, 6) is -0.197. The van der Waals surface area contributed by atoms with Crippen molar-refractivity contribution < 1.29 is 22.0 Å². The minimum absolute atomic E-state index is 0.0415. The maximum atomic E-state index is 12.9. The van der Waals surface area contributed by atoms with Gasteiger partial charge in [-0.2, -0.15) is 0 Å². The molecule has 0 unspecified atom stereocenters. The van der Waals surface area contributed by atoms with Crippen molar-refractivity contribution in [2.24, 2.45) is 0 Å². The fourth-order valence-corrected chi connectivity index (χ4v) is 4.49. The lowest BCUT2D eigenvalue weighted by molar-refractivity contribution is -0.116. The zero-order chi connectivity index (χ0) is 21.6. The fraction of sp³-hybridized carbons (Fsp3) is 0.250. The van der Waals surface area contributed by atoms with Crippen LogP contribution in [0.25, 0.3) is 0 Å². The Labute approximate surface area is 178 Å². The van der Waals surface area contributed by atoms with E-state index in [1.165, 1.54) is 17.0 Å². The number of nitrogens with one attached hydrogen (secondary N) is 1. The molecule has 3 aromatic rings. The number of amides is 1. The average Bonchev–Trinajstić information content (AvgIpc) is 3.15. The second kappa shape index (κ2) is 9.86. The lowest BCUT2D eigenvalue weighted by Gasteiger charge is -2.04. The first-order chi connectivity index (χ1) is 14.4. The van der Waals surface area contributed by atoms with Crippen LogP contribution in [0, 0.1) is 5.82 Å². The molecule has 1 heterocycles. The van der Waals surface area contributed by atoms with Gasteiger partial charge in [0.2, 0.25) is 11.8 Å². The summed E-state index contributed by atoms with van der Waals surface area (Å²) in [6, 6.07) is 12.3. The SMILES string of the molecule is CCSc1ccc(Cc2nnc(NC(=O)CCS(=O)(=O)c3ccc(F)cc3)o2)cc1. The van der Waals surface area contributed by atoms with Crippen molar-refractivity contribution in [2.75, 3.05) is 16.8 Å². The number of aromatic nitrogens is 2. The molecule has 0 aliphatic carbocycles. The number of carbonyl (C=O) groups excluding carboxylic acids is 1. The molecule has 0 saturated heterocycles. The van der Waals surface area contributed by atoms with Crippen molar-refractivity contribution >= 4 is 33.5 Å². The Kier molecular flexibility index (Phi) is 7.22. The van der Waals surface area contributed by atoms with E-state index >= 15 is 0 Å². The van der Waals surface area contributed by atoms with Crippen LogP contribution in [0.4, 0.5) is 10.4 Å². The van der Waals surface area contributed by atoms with Crippen LogP contribution in [0.15, 0.2) is 62.7 Å². The molecule has 0 aliphatic rings. The summed E-state index contributed by atoms with van der Waals surface area (Å²) in [6.45, 7) is 2.09. The molecule has 0 spiro atoms. The molecule has 158 valence electrons. The van der Waals surface area contributed by atoms with Gasteiger partial charge in [0.15, 0.2) is 9.84 Å². The second-order valence-corrected chi connectivity index (χ2v) is 9.77. The van der Waals surface area contributed by atoms with Crippen LogP contribution in [0.1, 0.15) is 24.8 Å². The van der Waals surface area contributed by atoms with Gasteiger partial charge in [0.1, 0.15) is 5.82 Å². The van der Waals surface area contributed by atoms with Gasteiger partial charge in [-0.1, -0.05) is 24.2 Å². The topological polar surface area (TPSA) is 102 Å². The van der Waals surface area contributed by atoms with Crippen LogP contribution >= 0.6 is 11.8 Å². The molecule has 3 rings (SSSR count). The maximum absolute atomic E-state index is 12.9. The molecule has 7 nitrogen and oxygen atoms in total. The molecule has 0 radical (unpaired) electrons. The van der Waals surface area contributed by atoms with E-state index in [0.717, 1.165) is 23.4 Å². The number of hydrogen-bond acceptors (Lipinski definition) is 7. The molecule has 1 N–H and O–H groups in total. The van der Waals surface area contributed by atoms with Gasteiger partial charge in [-0.15, -0.1) is 16.9 Å². The third kappa shape index (κ3) is 6.14. The van der Waals surface area contributed by atoms with Crippen molar-refractivity contribution in [3.8, 4) is 0 Å². The number of halogens is 1. The minimum Gasteiger partial charge on any atom is -0.407 e. The summed E-state index contributed by atoms with van der Waals surface area (Å²) in [5, 5.41) is 10.1. The number of nitrogens with zero attached hydrogens (tertiary/aromatic N) is 2. The quantitative estimate of drug-likeness (QED) is 0.392. The monoisotopic (exact) mass is 449 g/mol. The van der Waals surface area contributed by atoms with Gasteiger partial charge in [-0.25, -0.2) is 12.8 Å². The number of carbonyl (C=O) groups is 1.